The van der Waals surface area contributed by atoms with Gasteiger partial charge in [-0.1, -0.05) is 11.6 Å². The largest absolute Gasteiger partial charge is 0.313 e. The van der Waals surface area contributed by atoms with Crippen LogP contribution in [0.1, 0.15) is 5.82 Å². The standard InChI is InChI=1S/C14H14ClN5O/c15-9-1-2-12-11(5-9)14(21)19-13(18-12)8-20-4-3-17-7-10(20)6-16/h1-2,5,10,17H,3-4,7-8H2,(H,18,19,21). The molecule has 2 heterocycles. The molecular weight excluding hydrogens is 290 g/mol. The lowest BCUT2D eigenvalue weighted by Crippen LogP contribution is -2.50. The predicted octanol–water partition coefficient (Wildman–Crippen LogP) is 0.874. The van der Waals surface area contributed by atoms with Crippen molar-refractivity contribution in [1.29, 1.82) is 5.26 Å². The monoisotopic (exact) mass is 303 g/mol. The second kappa shape index (κ2) is 5.82. The molecule has 21 heavy (non-hydrogen) atoms. The molecule has 108 valence electrons. The number of H-pyrrole nitrogens is 1. The van der Waals surface area contributed by atoms with Crippen LogP contribution in [0.2, 0.25) is 5.02 Å². The molecule has 6 nitrogen and oxygen atoms in total. The van der Waals surface area contributed by atoms with E-state index >= 15 is 0 Å². The molecule has 1 saturated heterocycles. The molecule has 2 aromatic rings. The van der Waals surface area contributed by atoms with E-state index in [9.17, 15) is 4.79 Å². The molecule has 2 N–H and O–H groups in total. The third-order valence-corrected chi connectivity index (χ3v) is 3.81. The maximum absolute atomic E-state index is 12.1. The van der Waals surface area contributed by atoms with Gasteiger partial charge in [-0.3, -0.25) is 9.69 Å². The first-order valence-electron chi connectivity index (χ1n) is 6.70. The number of hydrogen-bond donors (Lipinski definition) is 2. The molecule has 1 aromatic heterocycles. The summed E-state index contributed by atoms with van der Waals surface area (Å²) >= 11 is 5.89. The Morgan fingerprint density at radius 1 is 1.52 bits per heavy atom. The van der Waals surface area contributed by atoms with E-state index in [4.69, 9.17) is 16.9 Å². The number of benzene rings is 1. The molecule has 0 amide bonds. The van der Waals surface area contributed by atoms with Crippen molar-refractivity contribution in [3.8, 4) is 6.07 Å². The average Bonchev–Trinajstić information content (AvgIpc) is 2.49. The molecule has 0 radical (unpaired) electrons. The zero-order valence-corrected chi connectivity index (χ0v) is 12.0. The maximum atomic E-state index is 12.1. The van der Waals surface area contributed by atoms with Crippen LogP contribution in [0.3, 0.4) is 0 Å². The summed E-state index contributed by atoms with van der Waals surface area (Å²) in [5, 5.41) is 13.3. The van der Waals surface area contributed by atoms with Gasteiger partial charge in [0.1, 0.15) is 11.9 Å². The van der Waals surface area contributed by atoms with E-state index < -0.39 is 0 Å². The van der Waals surface area contributed by atoms with E-state index in [1.807, 2.05) is 4.90 Å². The first-order chi connectivity index (χ1) is 10.2. The van der Waals surface area contributed by atoms with Crippen molar-refractivity contribution in [3.05, 3.63) is 39.4 Å². The molecule has 1 aliphatic heterocycles. The van der Waals surface area contributed by atoms with Crippen molar-refractivity contribution in [1.82, 2.24) is 20.2 Å². The highest BCUT2D eigenvalue weighted by atomic mass is 35.5. The van der Waals surface area contributed by atoms with Crippen molar-refractivity contribution in [2.75, 3.05) is 19.6 Å². The van der Waals surface area contributed by atoms with Gasteiger partial charge < -0.3 is 10.3 Å². The van der Waals surface area contributed by atoms with Gasteiger partial charge in [0.15, 0.2) is 0 Å². The van der Waals surface area contributed by atoms with Crippen LogP contribution < -0.4 is 10.9 Å². The Morgan fingerprint density at radius 2 is 2.38 bits per heavy atom. The van der Waals surface area contributed by atoms with E-state index in [-0.39, 0.29) is 11.6 Å². The van der Waals surface area contributed by atoms with Gasteiger partial charge in [0.05, 0.1) is 23.5 Å². The Hall–Kier alpha value is -1.94. The van der Waals surface area contributed by atoms with Crippen molar-refractivity contribution >= 4 is 22.5 Å². The Kier molecular flexibility index (Phi) is 3.88. The van der Waals surface area contributed by atoms with Crippen molar-refractivity contribution in [3.63, 3.8) is 0 Å². The highest BCUT2D eigenvalue weighted by Gasteiger charge is 2.22. The molecule has 1 aliphatic rings. The quantitative estimate of drug-likeness (QED) is 0.860. The normalized spacial score (nSPS) is 19.5. The first kappa shape index (κ1) is 14.0. The number of nitrogens with zero attached hydrogens (tertiary/aromatic N) is 3. The summed E-state index contributed by atoms with van der Waals surface area (Å²) in [6, 6.07) is 7.11. The summed E-state index contributed by atoms with van der Waals surface area (Å²) in [5.41, 5.74) is 0.405. The summed E-state index contributed by atoms with van der Waals surface area (Å²) in [6.45, 7) is 2.66. The van der Waals surface area contributed by atoms with Gasteiger partial charge in [-0.25, -0.2) is 4.98 Å². The van der Waals surface area contributed by atoms with Crippen molar-refractivity contribution in [2.24, 2.45) is 0 Å². The van der Waals surface area contributed by atoms with Crippen LogP contribution in [0.5, 0.6) is 0 Å². The Morgan fingerprint density at radius 3 is 3.19 bits per heavy atom. The smallest absolute Gasteiger partial charge is 0.258 e. The minimum Gasteiger partial charge on any atom is -0.313 e. The molecule has 0 bridgehead atoms. The third kappa shape index (κ3) is 2.90. The second-order valence-electron chi connectivity index (χ2n) is 4.99. The molecule has 1 fully saturated rings. The summed E-state index contributed by atoms with van der Waals surface area (Å²) in [5.74, 6) is 0.567. The van der Waals surface area contributed by atoms with Gasteiger partial charge in [-0.15, -0.1) is 0 Å². The fraction of sp³-hybridized carbons (Fsp3) is 0.357. The van der Waals surface area contributed by atoms with E-state index in [0.29, 0.717) is 34.8 Å². The van der Waals surface area contributed by atoms with Gasteiger partial charge in [-0.2, -0.15) is 5.26 Å². The minimum absolute atomic E-state index is 0.204. The lowest BCUT2D eigenvalue weighted by atomic mass is 10.2. The number of rotatable bonds is 2. The lowest BCUT2D eigenvalue weighted by Gasteiger charge is -2.31. The molecule has 1 unspecified atom stereocenters. The number of nitriles is 1. The van der Waals surface area contributed by atoms with Crippen LogP contribution in [0.4, 0.5) is 0 Å². The molecule has 0 spiro atoms. The summed E-state index contributed by atoms with van der Waals surface area (Å²) in [6.07, 6.45) is 0. The summed E-state index contributed by atoms with van der Waals surface area (Å²) in [7, 11) is 0. The molecule has 0 saturated carbocycles. The first-order valence-corrected chi connectivity index (χ1v) is 7.08. The highest BCUT2D eigenvalue weighted by Crippen LogP contribution is 2.15. The van der Waals surface area contributed by atoms with E-state index in [2.05, 4.69) is 21.4 Å². The SMILES string of the molecule is N#CC1CNCCN1Cc1nc2ccc(Cl)cc2c(=O)[nH]1. The fourth-order valence-corrected chi connectivity index (χ4v) is 2.66. The predicted molar refractivity (Wildman–Crippen MR) is 80.1 cm³/mol. The van der Waals surface area contributed by atoms with Crippen LogP contribution in [0, 0.1) is 11.3 Å². The molecule has 1 aromatic carbocycles. The molecule has 7 heteroatoms. The van der Waals surface area contributed by atoms with Gasteiger partial charge in [0, 0.05) is 24.7 Å². The number of piperazine rings is 1. The van der Waals surface area contributed by atoms with Gasteiger partial charge in [-0.05, 0) is 18.2 Å². The van der Waals surface area contributed by atoms with Gasteiger partial charge in [0.25, 0.3) is 5.56 Å². The van der Waals surface area contributed by atoms with Crippen LogP contribution >= 0.6 is 11.6 Å². The average molecular weight is 304 g/mol. The van der Waals surface area contributed by atoms with Crippen LogP contribution in [0.25, 0.3) is 10.9 Å². The van der Waals surface area contributed by atoms with Gasteiger partial charge >= 0.3 is 0 Å². The van der Waals surface area contributed by atoms with E-state index in [1.165, 1.54) is 0 Å². The van der Waals surface area contributed by atoms with Crippen molar-refractivity contribution in [2.45, 2.75) is 12.6 Å². The van der Waals surface area contributed by atoms with Crippen LogP contribution in [-0.4, -0.2) is 40.5 Å². The molecule has 0 aliphatic carbocycles. The van der Waals surface area contributed by atoms with Crippen LogP contribution in [-0.2, 0) is 6.54 Å². The Labute approximate surface area is 126 Å². The summed E-state index contributed by atoms with van der Waals surface area (Å²) < 4.78 is 0. The number of fused-ring (bicyclic) bond motifs is 1. The minimum atomic E-state index is -0.207. The lowest BCUT2D eigenvalue weighted by molar-refractivity contribution is 0.185. The number of nitrogens with one attached hydrogen (secondary N) is 2. The molecular formula is C14H14ClN5O. The number of aromatic amines is 1. The van der Waals surface area contributed by atoms with Crippen LogP contribution in [0.15, 0.2) is 23.0 Å². The zero-order valence-electron chi connectivity index (χ0n) is 11.3. The second-order valence-corrected chi connectivity index (χ2v) is 5.43. The highest BCUT2D eigenvalue weighted by molar-refractivity contribution is 6.31. The Balaban J connectivity index is 1.92. The number of halogens is 1. The zero-order chi connectivity index (χ0) is 14.8. The third-order valence-electron chi connectivity index (χ3n) is 3.57. The molecule has 3 rings (SSSR count). The molecule has 1 atom stereocenters. The van der Waals surface area contributed by atoms with E-state index in [1.54, 1.807) is 18.2 Å². The van der Waals surface area contributed by atoms with Crippen molar-refractivity contribution < 1.29 is 0 Å². The fourth-order valence-electron chi connectivity index (χ4n) is 2.49. The van der Waals surface area contributed by atoms with Gasteiger partial charge in [0.2, 0.25) is 0 Å². The number of hydrogen-bond acceptors (Lipinski definition) is 5. The maximum Gasteiger partial charge on any atom is 0.258 e. The Bertz CT molecular complexity index is 766. The van der Waals surface area contributed by atoms with E-state index in [0.717, 1.165) is 13.1 Å². The number of aromatic nitrogens is 2. The topological polar surface area (TPSA) is 84.8 Å². The summed E-state index contributed by atoms with van der Waals surface area (Å²) in [4.78, 5) is 21.3.